The molecule has 0 aliphatic carbocycles. The quantitative estimate of drug-likeness (QED) is 0.319. The first kappa shape index (κ1) is 25.0. The van der Waals surface area contributed by atoms with Crippen LogP contribution in [-0.2, 0) is 25.9 Å². The third-order valence-corrected chi connectivity index (χ3v) is 6.09. The zero-order valence-electron chi connectivity index (χ0n) is 18.6. The van der Waals surface area contributed by atoms with E-state index in [-0.39, 0.29) is 40.9 Å². The maximum absolute atomic E-state index is 13.0. The van der Waals surface area contributed by atoms with E-state index in [1.54, 1.807) is 6.92 Å². The summed E-state index contributed by atoms with van der Waals surface area (Å²) in [5.74, 6) is -2.55. The van der Waals surface area contributed by atoms with Gasteiger partial charge in [-0.3, -0.25) is 33.2 Å². The molecule has 0 saturated carbocycles. The first-order valence-corrected chi connectivity index (χ1v) is 10.8. The predicted octanol–water partition coefficient (Wildman–Crippen LogP) is 1.09. The Bertz CT molecular complexity index is 1360. The molecule has 34 heavy (non-hydrogen) atoms. The zero-order valence-corrected chi connectivity index (χ0v) is 18.6. The first-order valence-electron chi connectivity index (χ1n) is 10.8. The number of rotatable bonds is 10. The van der Waals surface area contributed by atoms with E-state index >= 15 is 0 Å². The number of fused-ring (bicyclic) bond motifs is 2. The predicted molar refractivity (Wildman–Crippen MR) is 119 cm³/mol. The summed E-state index contributed by atoms with van der Waals surface area (Å²) in [4.78, 5) is 82.8. The Kier molecular flexibility index (Phi) is 7.42. The van der Waals surface area contributed by atoms with Crippen LogP contribution in [0.4, 0.5) is 0 Å². The van der Waals surface area contributed by atoms with Gasteiger partial charge in [-0.05, 0) is 24.5 Å². The fourth-order valence-electron chi connectivity index (χ4n) is 4.17. The highest BCUT2D eigenvalue weighted by molar-refractivity contribution is 5.98. The average Bonchev–Trinajstić information content (AvgIpc) is 3.22. The summed E-state index contributed by atoms with van der Waals surface area (Å²) in [5.41, 5.74) is -3.08. The van der Waals surface area contributed by atoms with Crippen molar-refractivity contribution in [1.82, 2.24) is 9.13 Å². The fourth-order valence-corrected chi connectivity index (χ4v) is 4.17. The second-order valence-corrected chi connectivity index (χ2v) is 8.15. The van der Waals surface area contributed by atoms with Crippen LogP contribution in [0.1, 0.15) is 52.0 Å². The van der Waals surface area contributed by atoms with Gasteiger partial charge in [0, 0.05) is 6.54 Å². The monoisotopic (exact) mass is 476 g/mol. The molecule has 2 N–H and O–H groups in total. The van der Waals surface area contributed by atoms with Crippen LogP contribution in [0.25, 0.3) is 21.5 Å². The fraction of sp³-hybridized carbons (Fsp3) is 0.455. The summed E-state index contributed by atoms with van der Waals surface area (Å²) in [7, 11) is 0. The molecular formula is C22H24N2O10. The second kappa shape index (κ2) is 10.1. The molecule has 0 radical (unpaired) electrons. The SMILES string of the molecule is CCCCC(C(=O)OO)n1c(=O)c2cc3c(=O)n(CC(CC)CC(=O)OO)c(=O)c3cc2c1=O. The van der Waals surface area contributed by atoms with E-state index in [0.29, 0.717) is 23.8 Å². The highest BCUT2D eigenvalue weighted by Crippen LogP contribution is 2.20. The van der Waals surface area contributed by atoms with Crippen molar-refractivity contribution in [2.75, 3.05) is 0 Å². The lowest BCUT2D eigenvalue weighted by Gasteiger charge is -2.12. The van der Waals surface area contributed by atoms with E-state index in [0.717, 1.165) is 16.7 Å². The number of benzene rings is 1. The van der Waals surface area contributed by atoms with Crippen molar-refractivity contribution in [2.24, 2.45) is 5.92 Å². The molecule has 0 aliphatic heterocycles. The van der Waals surface area contributed by atoms with Crippen molar-refractivity contribution in [3.05, 3.63) is 53.5 Å². The van der Waals surface area contributed by atoms with E-state index in [4.69, 9.17) is 10.5 Å². The molecule has 1 aromatic carbocycles. The Morgan fingerprint density at radius 2 is 1.41 bits per heavy atom. The topological polar surface area (TPSA) is 171 Å². The van der Waals surface area contributed by atoms with Crippen LogP contribution >= 0.6 is 0 Å². The van der Waals surface area contributed by atoms with Gasteiger partial charge in [-0.15, -0.1) is 0 Å². The molecule has 12 nitrogen and oxygen atoms in total. The lowest BCUT2D eigenvalue weighted by Crippen LogP contribution is -2.35. The maximum Gasteiger partial charge on any atom is 0.364 e. The van der Waals surface area contributed by atoms with E-state index in [9.17, 15) is 28.8 Å². The van der Waals surface area contributed by atoms with Gasteiger partial charge < -0.3 is 4.89 Å². The Morgan fingerprint density at radius 3 is 1.85 bits per heavy atom. The molecule has 0 spiro atoms. The molecular weight excluding hydrogens is 452 g/mol. The van der Waals surface area contributed by atoms with Gasteiger partial charge >= 0.3 is 11.9 Å². The van der Waals surface area contributed by atoms with Crippen LogP contribution in [-0.4, -0.2) is 31.6 Å². The van der Waals surface area contributed by atoms with Crippen molar-refractivity contribution < 1.29 is 29.9 Å². The summed E-state index contributed by atoms with van der Waals surface area (Å²) in [6.45, 7) is 3.45. The summed E-state index contributed by atoms with van der Waals surface area (Å²) in [6.07, 6.45) is 1.38. The van der Waals surface area contributed by atoms with Gasteiger partial charge in [-0.2, -0.15) is 10.5 Å². The molecule has 3 rings (SSSR count). The molecule has 0 saturated heterocycles. The van der Waals surface area contributed by atoms with Crippen LogP contribution < -0.4 is 22.2 Å². The smallest absolute Gasteiger partial charge is 0.301 e. The highest BCUT2D eigenvalue weighted by atomic mass is 17.1. The Morgan fingerprint density at radius 1 is 0.882 bits per heavy atom. The highest BCUT2D eigenvalue weighted by Gasteiger charge is 2.29. The minimum absolute atomic E-state index is 0.0708. The van der Waals surface area contributed by atoms with Crippen LogP contribution in [0.5, 0.6) is 0 Å². The lowest BCUT2D eigenvalue weighted by atomic mass is 10.0. The van der Waals surface area contributed by atoms with Crippen molar-refractivity contribution in [3.8, 4) is 0 Å². The molecule has 2 aromatic heterocycles. The van der Waals surface area contributed by atoms with Crippen molar-refractivity contribution in [1.29, 1.82) is 0 Å². The van der Waals surface area contributed by atoms with Gasteiger partial charge in [0.2, 0.25) is 0 Å². The number of aromatic nitrogens is 2. The third kappa shape index (κ3) is 4.29. The minimum atomic E-state index is -1.35. The van der Waals surface area contributed by atoms with Gasteiger partial charge in [0.1, 0.15) is 6.04 Å². The number of carbonyl (C=O) groups excluding carboxylic acids is 2. The van der Waals surface area contributed by atoms with Gasteiger partial charge in [-0.25, -0.2) is 9.59 Å². The van der Waals surface area contributed by atoms with Gasteiger partial charge in [0.15, 0.2) is 0 Å². The molecule has 2 heterocycles. The molecule has 2 unspecified atom stereocenters. The van der Waals surface area contributed by atoms with Gasteiger partial charge in [0.25, 0.3) is 22.2 Å². The normalized spacial score (nSPS) is 13.3. The van der Waals surface area contributed by atoms with Crippen LogP contribution in [0.15, 0.2) is 31.3 Å². The number of unbranched alkanes of at least 4 members (excludes halogenated alkanes) is 1. The van der Waals surface area contributed by atoms with Crippen LogP contribution in [0, 0.1) is 5.92 Å². The Labute approximate surface area is 191 Å². The van der Waals surface area contributed by atoms with Crippen molar-refractivity contribution >= 4 is 33.5 Å². The number of nitrogens with zero attached hydrogens (tertiary/aromatic N) is 2. The molecule has 0 aliphatic rings. The zero-order chi connectivity index (χ0) is 25.2. The summed E-state index contributed by atoms with van der Waals surface area (Å²) >= 11 is 0. The summed E-state index contributed by atoms with van der Waals surface area (Å²) in [6, 6.07) is 0.941. The molecule has 182 valence electrons. The third-order valence-electron chi connectivity index (χ3n) is 6.09. The first-order chi connectivity index (χ1) is 16.2. The number of hydrogen-bond donors (Lipinski definition) is 2. The van der Waals surface area contributed by atoms with Gasteiger partial charge in [-0.1, -0.05) is 33.1 Å². The standard InChI is InChI=1S/C22H24N2O10/c1-3-5-6-16(22(30)34-32)24-20(28)14-8-12-13(9-15(14)21(24)29)19(27)23(18(12)26)10-11(4-2)7-17(25)33-31/h8-9,11,16,31-32H,3-7,10H2,1-2H3. The summed E-state index contributed by atoms with van der Waals surface area (Å²) < 4.78 is 1.59. The van der Waals surface area contributed by atoms with Crippen molar-refractivity contribution in [3.63, 3.8) is 0 Å². The van der Waals surface area contributed by atoms with Crippen LogP contribution in [0.2, 0.25) is 0 Å². The molecule has 0 amide bonds. The maximum atomic E-state index is 13.0. The molecule has 12 heteroatoms. The molecule has 0 bridgehead atoms. The van der Waals surface area contributed by atoms with E-state index in [1.165, 1.54) is 0 Å². The van der Waals surface area contributed by atoms with Crippen LogP contribution in [0.3, 0.4) is 0 Å². The minimum Gasteiger partial charge on any atom is -0.301 e. The Balaban J connectivity index is 2.17. The molecule has 3 aromatic rings. The molecule has 2 atom stereocenters. The molecule has 0 fully saturated rings. The largest absolute Gasteiger partial charge is 0.364 e. The van der Waals surface area contributed by atoms with Gasteiger partial charge in [0.05, 0.1) is 28.0 Å². The average molecular weight is 476 g/mol. The lowest BCUT2D eigenvalue weighted by molar-refractivity contribution is -0.238. The van der Waals surface area contributed by atoms with E-state index < -0.39 is 46.1 Å². The van der Waals surface area contributed by atoms with E-state index in [2.05, 4.69) is 9.78 Å². The van der Waals surface area contributed by atoms with E-state index in [1.807, 2.05) is 6.92 Å². The number of hydrogen-bond acceptors (Lipinski definition) is 10. The summed E-state index contributed by atoms with van der Waals surface area (Å²) in [5, 5.41) is 16.8. The second-order valence-electron chi connectivity index (χ2n) is 8.15. The number of carbonyl (C=O) groups is 2. The Hall–Kier alpha value is -3.64. The van der Waals surface area contributed by atoms with Crippen molar-refractivity contribution in [2.45, 2.75) is 58.5 Å².